The van der Waals surface area contributed by atoms with E-state index in [0.717, 1.165) is 30.8 Å². The number of fused-ring (bicyclic) bond motifs is 3. The number of methoxy groups -OCH3 is 1. The minimum Gasteiger partial charge on any atom is -0.507 e. The summed E-state index contributed by atoms with van der Waals surface area (Å²) in [5.74, 6) is -7.26. The number of carbonyl (C=O) groups excluding carboxylic acids is 11. The number of urea groups is 1. The summed E-state index contributed by atoms with van der Waals surface area (Å²) in [7, 11) is 1.29. The third-order valence-corrected chi connectivity index (χ3v) is 16.3. The topological polar surface area (TPSA) is 402 Å². The molecule has 0 bridgehead atoms. The molecule has 2 heterocycles. The fourth-order valence-electron chi connectivity index (χ4n) is 10.6. The summed E-state index contributed by atoms with van der Waals surface area (Å²) in [5, 5.41) is 59.4. The number of thioether (sulfide) groups is 1. The molecule has 11 N–H and O–H groups in total. The zero-order chi connectivity index (χ0) is 65.2. The summed E-state index contributed by atoms with van der Waals surface area (Å²) < 4.78 is 23.1. The number of phenolic OH excluding ortho intramolecular Hbond substituents is 2. The molecule has 3 aromatic carbocycles. The highest BCUT2D eigenvalue weighted by atomic mass is 32.2. The molecule has 8 atom stereocenters. The molecule has 1 unspecified atom stereocenters. The monoisotopic (exact) mass is 1250 g/mol. The van der Waals surface area contributed by atoms with E-state index in [1.54, 1.807) is 0 Å². The number of hydrogen-bond donors (Lipinski definition) is 10. The molecule has 2 aliphatic carbocycles. The lowest BCUT2D eigenvalue weighted by Crippen LogP contribution is -2.59. The van der Waals surface area contributed by atoms with Gasteiger partial charge in [-0.1, -0.05) is 44.0 Å². The lowest BCUT2D eigenvalue weighted by Gasteiger charge is -2.42. The number of aliphatic hydroxyl groups is 2. The van der Waals surface area contributed by atoms with Crippen LogP contribution in [0.3, 0.4) is 0 Å². The number of carbonyl (C=O) groups is 11. The number of phenols is 2. The van der Waals surface area contributed by atoms with Gasteiger partial charge in [-0.25, -0.2) is 9.59 Å². The van der Waals surface area contributed by atoms with Crippen LogP contribution in [0.1, 0.15) is 108 Å². The number of Topliss-reactive ketones (excluding diaryl/α,β-unsaturated/α-hetero) is 1. The van der Waals surface area contributed by atoms with Crippen LogP contribution >= 0.6 is 11.8 Å². The van der Waals surface area contributed by atoms with E-state index in [2.05, 4.69) is 46.3 Å². The maximum absolute atomic E-state index is 14.1. The summed E-state index contributed by atoms with van der Waals surface area (Å²) in [6.45, 7) is 14.4. The van der Waals surface area contributed by atoms with Gasteiger partial charge in [-0.2, -0.15) is 11.8 Å². The third-order valence-electron chi connectivity index (χ3n) is 15.4. The second-order valence-corrected chi connectivity index (χ2v) is 22.8. The molecule has 28 nitrogen and oxygen atoms in total. The van der Waals surface area contributed by atoms with Gasteiger partial charge >= 0.3 is 12.1 Å². The summed E-state index contributed by atoms with van der Waals surface area (Å²) in [6.07, 6.45) is -5.20. The smallest absolute Gasteiger partial charge is 0.407 e. The zero-order valence-corrected chi connectivity index (χ0v) is 50.1. The van der Waals surface area contributed by atoms with E-state index in [0.29, 0.717) is 5.56 Å². The molecule has 0 spiro atoms. The predicted octanol–water partition coefficient (Wildman–Crippen LogP) is 1.80. The van der Waals surface area contributed by atoms with Crippen molar-refractivity contribution in [1.29, 1.82) is 0 Å². The molecule has 476 valence electrons. The maximum Gasteiger partial charge on any atom is 0.407 e. The van der Waals surface area contributed by atoms with E-state index >= 15 is 0 Å². The van der Waals surface area contributed by atoms with E-state index in [-0.39, 0.29) is 116 Å². The predicted molar refractivity (Wildman–Crippen MR) is 318 cm³/mol. The molecule has 2 aliphatic heterocycles. The fraction of sp³-hybridized carbons (Fsp3) is 0.417. The number of primary amides is 1. The lowest BCUT2D eigenvalue weighted by molar-refractivity contribution is -0.249. The number of aromatic hydroxyl groups is 2. The van der Waals surface area contributed by atoms with E-state index < -0.39 is 143 Å². The summed E-state index contributed by atoms with van der Waals surface area (Å²) in [4.78, 5) is 148. The number of alkyl carbamates (subject to hydrolysis) is 1. The number of aliphatic hydroxyl groups excluding tert-OH is 1. The van der Waals surface area contributed by atoms with Crippen LogP contribution in [0.5, 0.6) is 17.2 Å². The number of nitrogens with one attached hydrogen (secondary N) is 5. The van der Waals surface area contributed by atoms with Crippen molar-refractivity contribution in [1.82, 2.24) is 36.0 Å². The van der Waals surface area contributed by atoms with Gasteiger partial charge in [0, 0.05) is 60.4 Å². The van der Waals surface area contributed by atoms with Gasteiger partial charge in [0.1, 0.15) is 47.6 Å². The number of nitrogens with zero attached hydrogens (tertiary/aromatic N) is 3. The first-order valence-electron chi connectivity index (χ1n) is 28.1. The highest BCUT2D eigenvalue weighted by Crippen LogP contribution is 2.52. The van der Waals surface area contributed by atoms with Crippen molar-refractivity contribution < 1.29 is 92.1 Å². The second-order valence-electron chi connectivity index (χ2n) is 21.7. The van der Waals surface area contributed by atoms with E-state index in [1.165, 1.54) is 78.1 Å². The van der Waals surface area contributed by atoms with Crippen LogP contribution < -0.4 is 37.1 Å². The molecule has 4 aliphatic rings. The first-order chi connectivity index (χ1) is 42.2. The van der Waals surface area contributed by atoms with E-state index in [1.807, 2.05) is 0 Å². The normalized spacial score (nSPS) is 20.8. The van der Waals surface area contributed by atoms with Crippen molar-refractivity contribution in [2.24, 2.45) is 5.73 Å². The van der Waals surface area contributed by atoms with Crippen LogP contribution in [0.2, 0.25) is 0 Å². The molecule has 2 fully saturated rings. The molecule has 0 aromatic heterocycles. The van der Waals surface area contributed by atoms with Crippen LogP contribution in [0.15, 0.2) is 79.9 Å². The number of ether oxygens (including phenoxy) is 4. The number of benzene rings is 3. The number of amides is 9. The summed E-state index contributed by atoms with van der Waals surface area (Å²) in [6, 6.07) is 5.90. The first-order valence-corrected chi connectivity index (χ1v) is 29.2. The quantitative estimate of drug-likeness (QED) is 0.0207. The molecular formula is C60H71N9O19S. The molecule has 0 radical (unpaired) electrons. The largest absolute Gasteiger partial charge is 0.507 e. The first kappa shape index (κ1) is 67.3. The van der Waals surface area contributed by atoms with Crippen molar-refractivity contribution in [3.8, 4) is 17.2 Å². The standard InChI is InChI=1S/C60H71N9O19S/c1-8-42(72)67-27-68(43(73)9-2)29-69(28-67)44(74)19-21-89-26-41(71)66-50(30(3)4)57(81)64-37(13-11-20-62-58(61)82)56(80)63-34-17-15-33(16-18-34)25-86-59(83)65-38-22-45(87-31(5)51(38)75)88-40-24-60(84,32(6)70)23-36-47(40)55(79)49-48(53(36)77)52(76)35-12-10-14-39(85-7)46(35)54(49)78/h8-10,12,14-18,31,37-38,40,45,50-51,75,77,79,84H,1-3,11,13,19-29H2,4-7H3,(H,63,80)(H,64,81)(H,65,83)(H,66,71)(H3,61,62,82)/t31-,37-,38?,40-,45-,50-,51+,60-/m0/s1. The van der Waals surface area contributed by atoms with Gasteiger partial charge < -0.3 is 86.4 Å². The van der Waals surface area contributed by atoms with Crippen molar-refractivity contribution in [3.63, 3.8) is 0 Å². The Morgan fingerprint density at radius 2 is 1.54 bits per heavy atom. The number of ketones is 3. The molecule has 29 heteroatoms. The highest BCUT2D eigenvalue weighted by Gasteiger charge is 2.50. The van der Waals surface area contributed by atoms with Crippen LogP contribution in [-0.4, -0.2) is 187 Å². The van der Waals surface area contributed by atoms with E-state index in [4.69, 9.17) is 24.7 Å². The third kappa shape index (κ3) is 15.8. The van der Waals surface area contributed by atoms with Gasteiger partial charge in [-0.15, -0.1) is 0 Å². The van der Waals surface area contributed by atoms with Gasteiger partial charge in [0.15, 0.2) is 17.9 Å². The molecule has 7 rings (SSSR count). The van der Waals surface area contributed by atoms with Crippen molar-refractivity contribution >= 4 is 82.4 Å². The Hall–Kier alpha value is -9.16. The number of rotatable bonds is 24. The average Bonchev–Trinajstić information content (AvgIpc) is 0.721. The Balaban J connectivity index is 0.935. The maximum atomic E-state index is 14.1. The number of nitrogens with two attached hydrogens (primary N) is 1. The van der Waals surface area contributed by atoms with Crippen molar-refractivity contribution in [3.05, 3.63) is 119 Å². The van der Waals surface area contributed by atoms with Gasteiger partial charge in [0.2, 0.25) is 41.2 Å². The second kappa shape index (κ2) is 29.2. The fourth-order valence-corrected chi connectivity index (χ4v) is 11.3. The van der Waals surface area contributed by atoms with Gasteiger partial charge in [-0.3, -0.25) is 43.2 Å². The van der Waals surface area contributed by atoms with Gasteiger partial charge in [0.05, 0.1) is 67.8 Å². The van der Waals surface area contributed by atoms with E-state index in [9.17, 15) is 73.2 Å². The number of anilines is 1. The Labute approximate surface area is 515 Å². The highest BCUT2D eigenvalue weighted by molar-refractivity contribution is 7.99. The Morgan fingerprint density at radius 3 is 2.16 bits per heavy atom. The minimum atomic E-state index is -2.19. The van der Waals surface area contributed by atoms with Crippen LogP contribution in [0, 0.1) is 0 Å². The van der Waals surface area contributed by atoms with Crippen molar-refractivity contribution in [2.75, 3.05) is 50.5 Å². The molecule has 89 heavy (non-hydrogen) atoms. The average molecular weight is 1250 g/mol. The van der Waals surface area contributed by atoms with Crippen molar-refractivity contribution in [2.45, 2.75) is 114 Å². The Bertz CT molecular complexity index is 3330. The number of hydrogen-bond acceptors (Lipinski definition) is 20. The SMILES string of the molecule is C=CC(=O)N1CN(C(=O)C=C)CN(C(=O)CCSCC(=O)N[C@@H](C(=C)C)C(=O)N[C@@H](CCCNC(N)=O)C(=O)Nc2ccc(COC(=O)NC3C[C@H](O[C@H]4C[C@](O)(C(C)=O)Cc5c(O)c6c(c(O)c54)C(=O)c4c(OC)cccc4C6=O)O[C@@H](C)[C@H]3O)cc2)C1. The molecule has 0 saturated carbocycles. The Morgan fingerprint density at radius 1 is 0.888 bits per heavy atom. The molecule has 2 saturated heterocycles. The summed E-state index contributed by atoms with van der Waals surface area (Å²) in [5.41, 5.74) is 2.20. The van der Waals surface area contributed by atoms with Gasteiger partial charge in [0.25, 0.3) is 0 Å². The Kier molecular flexibility index (Phi) is 22.1. The molecule has 9 amide bonds. The summed E-state index contributed by atoms with van der Waals surface area (Å²) >= 11 is 1.09. The van der Waals surface area contributed by atoms with Gasteiger partial charge in [-0.05, 0) is 75.1 Å². The lowest BCUT2D eigenvalue weighted by atomic mass is 9.72. The zero-order valence-electron chi connectivity index (χ0n) is 49.3. The van der Waals surface area contributed by atoms with Crippen LogP contribution in [0.4, 0.5) is 15.3 Å². The molecular weight excluding hydrogens is 1180 g/mol. The van der Waals surface area contributed by atoms with Crippen LogP contribution in [-0.2, 0) is 60.8 Å². The minimum absolute atomic E-state index is 0.00582. The van der Waals surface area contributed by atoms with Crippen LogP contribution in [0.25, 0.3) is 0 Å². The molecule has 3 aromatic rings.